The summed E-state index contributed by atoms with van der Waals surface area (Å²) in [6.45, 7) is 0.786. The lowest BCUT2D eigenvalue weighted by Gasteiger charge is -2.18. The zero-order chi connectivity index (χ0) is 54.9. The molecule has 0 aliphatic carbocycles. The van der Waals surface area contributed by atoms with E-state index < -0.39 is 49.4 Å². The molecule has 4 aromatic heterocycles. The molecule has 75 heavy (non-hydrogen) atoms. The summed E-state index contributed by atoms with van der Waals surface area (Å²) in [5, 5.41) is 23.1. The van der Waals surface area contributed by atoms with Crippen LogP contribution in [-0.4, -0.2) is 72.7 Å². The number of nitrogens with one attached hydrogen (secondary N) is 1. The molecule has 0 aliphatic heterocycles. The van der Waals surface area contributed by atoms with Crippen LogP contribution in [0.2, 0.25) is 0 Å². The van der Waals surface area contributed by atoms with Crippen molar-refractivity contribution in [2.45, 2.75) is 50.6 Å². The molecular formula is C41H45ClF4N4O8S17. The van der Waals surface area contributed by atoms with Crippen LogP contribution in [0.3, 0.4) is 0 Å². The Labute approximate surface area is 496 Å². The average Bonchev–Trinajstić information content (AvgIpc) is 4.05. The number of alkyl halides is 4. The highest BCUT2D eigenvalue weighted by Crippen LogP contribution is 2.44. The number of methoxy groups -OCH3 is 4. The normalized spacial score (nSPS) is 10.1. The van der Waals surface area contributed by atoms with E-state index in [1.165, 1.54) is 70.1 Å². The molecule has 0 atom stereocenters. The molecule has 0 fully saturated rings. The Balaban J connectivity index is 0.000000534. The Bertz CT molecular complexity index is 3130. The summed E-state index contributed by atoms with van der Waals surface area (Å²) in [6, 6.07) is 16.6. The number of halogens is 5. The summed E-state index contributed by atoms with van der Waals surface area (Å²) in [6.07, 6.45) is 4.18. The molecule has 0 spiro atoms. The maximum Gasteiger partial charge on any atom is 0.303 e. The van der Waals surface area contributed by atoms with E-state index in [4.69, 9.17) is 46.4 Å². The number of hydroxylamine groups is 2. The Kier molecular flexibility index (Phi) is 38.1. The number of aromatic nitrogens is 2. The molecular weight excluding hydrogens is 1330 g/mol. The Morgan fingerprint density at radius 1 is 0.653 bits per heavy atom. The van der Waals surface area contributed by atoms with E-state index >= 15 is 0 Å². The van der Waals surface area contributed by atoms with Crippen LogP contribution in [0.25, 0.3) is 20.2 Å². The number of carbonyl (C=O) groups excluding carboxylic acids is 1. The van der Waals surface area contributed by atoms with Gasteiger partial charge in [-0.2, -0.15) is 0 Å². The maximum absolute atomic E-state index is 14.7. The number of hydrogen-bond acceptors (Lipinski definition) is 16. The number of aliphatic carboxylic acids is 1. The van der Waals surface area contributed by atoms with Gasteiger partial charge in [-0.1, -0.05) is 12.1 Å². The number of carboxylic acid groups (broad SMARTS) is 1. The van der Waals surface area contributed by atoms with E-state index in [2.05, 4.69) is 37.7 Å². The topological polar surface area (TPSA) is 153 Å². The number of carbonyl (C=O) groups is 2. The van der Waals surface area contributed by atoms with Crippen LogP contribution in [0, 0.1) is 0 Å². The van der Waals surface area contributed by atoms with Gasteiger partial charge in [-0.3, -0.25) is 24.8 Å². The predicted octanol–water partition coefficient (Wildman–Crippen LogP) is 9.67. The molecule has 0 radical (unpaired) electrons. The van der Waals surface area contributed by atoms with Crippen molar-refractivity contribution in [1.29, 1.82) is 0 Å². The van der Waals surface area contributed by atoms with Crippen LogP contribution >= 0.6 is 35.1 Å². The van der Waals surface area contributed by atoms with Crippen molar-refractivity contribution in [3.8, 4) is 23.0 Å². The number of fused-ring (bicyclic) bond motifs is 2. The average molecular weight is 1380 g/mol. The lowest BCUT2D eigenvalue weighted by atomic mass is 10.1. The summed E-state index contributed by atoms with van der Waals surface area (Å²) in [7, 11) is 25.9. The SMILES string of the molecule is CNCc1cccnc1.COc1cc2cc(C(F)(F)CCC(=O)N(O)Cc3cccnc3)sc2cc1OC.COc1cc2cc(C(F)(F)CCC(=O)O)sc2cc1OC.Cl.S=S.S=S=S=S=S=S=S=S=S=S=S=S=S. The van der Waals surface area contributed by atoms with Gasteiger partial charge in [0, 0.05) is 215 Å². The van der Waals surface area contributed by atoms with Crippen LogP contribution in [0.4, 0.5) is 17.6 Å². The third-order valence-electron chi connectivity index (χ3n) is 8.80. The Morgan fingerprint density at radius 3 is 1.40 bits per heavy atom. The van der Waals surface area contributed by atoms with E-state index in [9.17, 15) is 32.4 Å². The third-order valence-corrected chi connectivity index (χ3v) is 33.4. The number of rotatable bonds is 16. The van der Waals surface area contributed by atoms with Crippen LogP contribution in [0.5, 0.6) is 23.0 Å². The van der Waals surface area contributed by atoms with Crippen molar-refractivity contribution in [3.63, 3.8) is 0 Å². The second-order valence-electron chi connectivity index (χ2n) is 13.5. The molecule has 6 aromatic rings. The molecule has 6 rings (SSSR count). The molecule has 12 nitrogen and oxygen atoms in total. The third kappa shape index (κ3) is 26.7. The lowest BCUT2D eigenvalue weighted by molar-refractivity contribution is -0.169. The minimum atomic E-state index is -3.21. The summed E-state index contributed by atoms with van der Waals surface area (Å²) in [5.41, 5.74) is 1.82. The number of pyridine rings is 2. The van der Waals surface area contributed by atoms with Crippen molar-refractivity contribution in [3.05, 3.63) is 106 Å². The van der Waals surface area contributed by atoms with Gasteiger partial charge in [-0.15, -0.1) is 35.1 Å². The van der Waals surface area contributed by atoms with E-state index in [1.807, 2.05) is 25.4 Å². The first-order chi connectivity index (χ1) is 35.5. The van der Waals surface area contributed by atoms with Crippen LogP contribution in [-0.2, 0) is 177 Å². The van der Waals surface area contributed by atoms with Gasteiger partial charge in [0.15, 0.2) is 23.0 Å². The number of benzene rings is 2. The second kappa shape index (κ2) is 40.2. The first-order valence-corrected chi connectivity index (χ1v) is 39.0. The smallest absolute Gasteiger partial charge is 0.303 e. The van der Waals surface area contributed by atoms with Gasteiger partial charge in [0.25, 0.3) is 11.8 Å². The zero-order valence-corrected chi connectivity index (χ0v) is 54.1. The van der Waals surface area contributed by atoms with Gasteiger partial charge in [-0.05, 0) is 65.3 Å². The second-order valence-corrected chi connectivity index (χ2v) is 35.1. The molecule has 0 aliphatic rings. The highest BCUT2D eigenvalue weighted by molar-refractivity contribution is 8.75. The first kappa shape index (κ1) is 71.0. The molecule has 0 unspecified atom stereocenters. The molecule has 1 amide bonds. The van der Waals surface area contributed by atoms with Crippen LogP contribution in [0.15, 0.2) is 85.5 Å². The molecule has 0 saturated carbocycles. The van der Waals surface area contributed by atoms with Gasteiger partial charge < -0.3 is 29.4 Å². The largest absolute Gasteiger partial charge is 0.493 e. The van der Waals surface area contributed by atoms with Crippen LogP contribution < -0.4 is 24.3 Å². The zero-order valence-electron chi connectivity index (χ0n) is 39.4. The van der Waals surface area contributed by atoms with Crippen LogP contribution in [0.1, 0.15) is 46.6 Å². The fourth-order valence-electron chi connectivity index (χ4n) is 5.56. The molecule has 4 heterocycles. The van der Waals surface area contributed by atoms with Gasteiger partial charge in [0.1, 0.15) is 0 Å². The van der Waals surface area contributed by atoms with Gasteiger partial charge >= 0.3 is 5.97 Å². The number of nitrogens with zero attached hydrogens (tertiary/aromatic N) is 3. The Hall–Kier alpha value is -1.97. The van der Waals surface area contributed by atoms with Crippen molar-refractivity contribution in [2.75, 3.05) is 35.5 Å². The maximum atomic E-state index is 14.7. The number of amides is 1. The number of carboxylic acids is 1. The minimum absolute atomic E-state index is 0. The summed E-state index contributed by atoms with van der Waals surface area (Å²) >= 11 is 18.6. The Morgan fingerprint density at radius 2 is 1.04 bits per heavy atom. The highest BCUT2D eigenvalue weighted by Gasteiger charge is 2.36. The molecule has 3 N–H and O–H groups in total. The van der Waals surface area contributed by atoms with E-state index in [0.717, 1.165) is 29.2 Å². The molecule has 2 aromatic carbocycles. The first-order valence-electron chi connectivity index (χ1n) is 20.0. The number of ether oxygens (including phenoxy) is 4. The minimum Gasteiger partial charge on any atom is -0.493 e. The molecule has 0 bridgehead atoms. The number of thiophene rings is 2. The van der Waals surface area contributed by atoms with E-state index in [1.54, 1.807) is 129 Å². The lowest BCUT2D eigenvalue weighted by Crippen LogP contribution is -2.28. The monoisotopic (exact) mass is 1380 g/mol. The van der Waals surface area contributed by atoms with Crippen molar-refractivity contribution < 1.29 is 56.4 Å². The highest BCUT2D eigenvalue weighted by atomic mass is 35.5. The standard InChI is InChI=1S/C20H20F2N2O4S.C14H14F2O4S.C7H10N2.ClH.S13.S2/c1-27-15-8-14-9-18(29-17(14)10-16(15)28-2)20(21,22)6-5-19(25)24(26)12-13-4-3-7-23-11-13;1-19-9-5-8-6-12(14(15,16)4-3-13(17)18)21-11(8)7-10(9)20-2;1-8-5-7-3-2-4-9-6-7;;1-3-5-7-9-11-13-12-10-8-6-4-2;1-2/h3-4,7-11,26H,5-6,12H2,1-2H3;5-7H,3-4H2,1-2H3,(H,17,18);2-4,6,8H,5H2,1H3;1H;;. The van der Waals surface area contributed by atoms with Crippen molar-refractivity contribution >= 4 is 210 Å². The molecule has 34 heteroatoms. The predicted molar refractivity (Wildman–Crippen MR) is 335 cm³/mol. The fraction of sp³-hybridized carbons (Fsp3) is 0.317. The van der Waals surface area contributed by atoms with Gasteiger partial charge in [-0.25, -0.2) is 22.6 Å². The molecule has 414 valence electrons. The quantitative estimate of drug-likeness (QED) is 0.0479. The summed E-state index contributed by atoms with van der Waals surface area (Å²) in [5.74, 6) is -6.56. The van der Waals surface area contributed by atoms with Crippen molar-refractivity contribution in [2.24, 2.45) is 0 Å². The van der Waals surface area contributed by atoms with Gasteiger partial charge in [0.2, 0.25) is 5.91 Å². The van der Waals surface area contributed by atoms with E-state index in [-0.39, 0.29) is 28.7 Å². The van der Waals surface area contributed by atoms with Gasteiger partial charge in [0.05, 0.1) is 51.2 Å². The summed E-state index contributed by atoms with van der Waals surface area (Å²) in [4.78, 5) is 30.0. The fourth-order valence-corrected chi connectivity index (χ4v) is 32.4. The van der Waals surface area contributed by atoms with E-state index in [0.29, 0.717) is 53.8 Å². The number of hydrogen-bond donors (Lipinski definition) is 3. The summed E-state index contributed by atoms with van der Waals surface area (Å²) < 4.78 is 79.3. The molecule has 0 saturated heterocycles. The van der Waals surface area contributed by atoms with Crippen molar-refractivity contribution in [1.82, 2.24) is 20.3 Å².